The van der Waals surface area contributed by atoms with Gasteiger partial charge in [0.05, 0.1) is 32.0 Å². The van der Waals surface area contributed by atoms with E-state index in [1.165, 1.54) is 0 Å². The van der Waals surface area contributed by atoms with Gasteiger partial charge in [-0.1, -0.05) is 30.2 Å². The normalized spacial score (nSPS) is 20.7. The Hall–Kier alpha value is -2.90. The van der Waals surface area contributed by atoms with E-state index < -0.39 is 0 Å². The molecule has 2 aromatic carbocycles. The van der Waals surface area contributed by atoms with E-state index in [9.17, 15) is 9.59 Å². The first-order chi connectivity index (χ1) is 16.5. The van der Waals surface area contributed by atoms with Gasteiger partial charge >= 0.3 is 5.97 Å². The SMILES string of the molecule is CCOC(=O)[C@H]1CCCCN1CC(=O)N1N=C(c2ccc(OC)cc2)C[C@H]1c1ccc(Cl)cc1. The van der Waals surface area contributed by atoms with Gasteiger partial charge in [-0.2, -0.15) is 5.10 Å². The summed E-state index contributed by atoms with van der Waals surface area (Å²) in [7, 11) is 1.63. The van der Waals surface area contributed by atoms with Crippen LogP contribution >= 0.6 is 11.6 Å². The smallest absolute Gasteiger partial charge is 0.323 e. The minimum absolute atomic E-state index is 0.118. The number of hydrogen-bond acceptors (Lipinski definition) is 6. The van der Waals surface area contributed by atoms with Gasteiger partial charge in [0.15, 0.2) is 0 Å². The predicted molar refractivity (Wildman–Crippen MR) is 131 cm³/mol. The first-order valence-corrected chi connectivity index (χ1v) is 12.1. The number of nitrogens with zero attached hydrogens (tertiary/aromatic N) is 3. The van der Waals surface area contributed by atoms with Crippen LogP contribution < -0.4 is 4.74 Å². The summed E-state index contributed by atoms with van der Waals surface area (Å²) in [6, 6.07) is 14.6. The third-order valence-corrected chi connectivity index (χ3v) is 6.61. The van der Waals surface area contributed by atoms with Crippen LogP contribution in [0, 0.1) is 0 Å². The van der Waals surface area contributed by atoms with Crippen molar-refractivity contribution in [3.63, 3.8) is 0 Å². The van der Waals surface area contributed by atoms with Gasteiger partial charge in [-0.15, -0.1) is 0 Å². The van der Waals surface area contributed by atoms with Crippen molar-refractivity contribution in [1.29, 1.82) is 0 Å². The molecule has 2 atom stereocenters. The van der Waals surface area contributed by atoms with Crippen LogP contribution in [0.15, 0.2) is 53.6 Å². The Balaban J connectivity index is 1.58. The molecule has 0 saturated carbocycles. The molecule has 1 amide bonds. The zero-order chi connectivity index (χ0) is 24.1. The highest BCUT2D eigenvalue weighted by molar-refractivity contribution is 6.30. The van der Waals surface area contributed by atoms with E-state index in [2.05, 4.69) is 0 Å². The molecule has 1 saturated heterocycles. The number of halogens is 1. The minimum atomic E-state index is -0.390. The number of ether oxygens (including phenoxy) is 2. The van der Waals surface area contributed by atoms with Crippen LogP contribution in [0.4, 0.5) is 0 Å². The Labute approximate surface area is 205 Å². The molecule has 2 aliphatic heterocycles. The number of hydrazone groups is 1. The third-order valence-electron chi connectivity index (χ3n) is 6.35. The van der Waals surface area contributed by atoms with Gasteiger partial charge in [0, 0.05) is 11.4 Å². The molecule has 180 valence electrons. The number of esters is 1. The lowest BCUT2D eigenvalue weighted by molar-refractivity contribution is -0.152. The molecule has 0 bridgehead atoms. The van der Waals surface area contributed by atoms with Crippen LogP contribution in [0.3, 0.4) is 0 Å². The second kappa shape index (κ2) is 11.0. The summed E-state index contributed by atoms with van der Waals surface area (Å²) < 4.78 is 10.5. The van der Waals surface area contributed by atoms with Gasteiger partial charge < -0.3 is 9.47 Å². The molecule has 1 fully saturated rings. The molecule has 0 unspecified atom stereocenters. The maximum atomic E-state index is 13.5. The van der Waals surface area contributed by atoms with Crippen LogP contribution in [0.25, 0.3) is 0 Å². The van der Waals surface area contributed by atoms with Crippen molar-refractivity contribution in [3.8, 4) is 5.75 Å². The van der Waals surface area contributed by atoms with Crippen LogP contribution in [0.5, 0.6) is 5.75 Å². The van der Waals surface area contributed by atoms with E-state index in [1.54, 1.807) is 19.0 Å². The molecule has 2 heterocycles. The number of piperidine rings is 1. The fourth-order valence-electron chi connectivity index (χ4n) is 4.57. The molecule has 4 rings (SSSR count). The van der Waals surface area contributed by atoms with Crippen LogP contribution in [0.2, 0.25) is 5.02 Å². The van der Waals surface area contributed by atoms with Crippen molar-refractivity contribution in [2.75, 3.05) is 26.8 Å². The second-order valence-corrected chi connectivity index (χ2v) is 8.96. The average Bonchev–Trinajstić information content (AvgIpc) is 3.31. The Morgan fingerprint density at radius 3 is 2.50 bits per heavy atom. The fourth-order valence-corrected chi connectivity index (χ4v) is 4.70. The highest BCUT2D eigenvalue weighted by Crippen LogP contribution is 2.34. The lowest BCUT2D eigenvalue weighted by atomic mass is 9.98. The molecule has 0 aromatic heterocycles. The second-order valence-electron chi connectivity index (χ2n) is 8.52. The van der Waals surface area contributed by atoms with Gasteiger partial charge in [0.25, 0.3) is 5.91 Å². The number of carbonyl (C=O) groups is 2. The van der Waals surface area contributed by atoms with E-state index in [0.29, 0.717) is 31.0 Å². The fraction of sp³-hybridized carbons (Fsp3) is 0.423. The van der Waals surface area contributed by atoms with E-state index in [1.807, 2.05) is 53.4 Å². The van der Waals surface area contributed by atoms with Crippen molar-refractivity contribution >= 4 is 29.2 Å². The first kappa shape index (κ1) is 24.2. The van der Waals surface area contributed by atoms with Gasteiger partial charge in [0.1, 0.15) is 11.8 Å². The van der Waals surface area contributed by atoms with E-state index in [0.717, 1.165) is 35.4 Å². The molecular formula is C26H30ClN3O4. The predicted octanol–water partition coefficient (Wildman–Crippen LogP) is 4.44. The van der Waals surface area contributed by atoms with E-state index in [4.69, 9.17) is 26.2 Å². The summed E-state index contributed by atoms with van der Waals surface area (Å²) in [6.07, 6.45) is 3.18. The standard InChI is InChI=1S/C26H30ClN3O4/c1-3-34-26(32)23-6-4-5-15-29(23)17-25(31)30-24(19-7-11-20(27)12-8-19)16-22(28-30)18-9-13-21(33-2)14-10-18/h7-14,23-24H,3-6,15-17H2,1-2H3/t23-,24+/m1/s1. The van der Waals surface area contributed by atoms with E-state index >= 15 is 0 Å². The summed E-state index contributed by atoms with van der Waals surface area (Å²) in [5, 5.41) is 6.96. The Morgan fingerprint density at radius 1 is 1.09 bits per heavy atom. The van der Waals surface area contributed by atoms with Gasteiger partial charge in [-0.05, 0) is 73.8 Å². The van der Waals surface area contributed by atoms with E-state index in [-0.39, 0.29) is 30.5 Å². The number of amides is 1. The molecule has 7 nitrogen and oxygen atoms in total. The first-order valence-electron chi connectivity index (χ1n) is 11.7. The maximum absolute atomic E-state index is 13.5. The van der Waals surface area contributed by atoms with Crippen molar-refractivity contribution in [2.24, 2.45) is 5.10 Å². The highest BCUT2D eigenvalue weighted by Gasteiger charge is 2.37. The lowest BCUT2D eigenvalue weighted by Gasteiger charge is -2.34. The van der Waals surface area contributed by atoms with Crippen molar-refractivity contribution in [3.05, 3.63) is 64.7 Å². The molecule has 2 aliphatic rings. The summed E-state index contributed by atoms with van der Waals surface area (Å²) in [6.45, 7) is 2.93. The molecule has 2 aromatic rings. The molecule has 0 spiro atoms. The molecule has 34 heavy (non-hydrogen) atoms. The topological polar surface area (TPSA) is 71.4 Å². The zero-order valence-electron chi connectivity index (χ0n) is 19.6. The Morgan fingerprint density at radius 2 is 1.82 bits per heavy atom. The number of benzene rings is 2. The summed E-state index contributed by atoms with van der Waals surface area (Å²) >= 11 is 6.10. The van der Waals surface area contributed by atoms with Crippen LogP contribution in [-0.2, 0) is 14.3 Å². The number of carbonyl (C=O) groups excluding carboxylic acids is 2. The monoisotopic (exact) mass is 483 g/mol. The minimum Gasteiger partial charge on any atom is -0.497 e. The summed E-state index contributed by atoms with van der Waals surface area (Å²) in [5.74, 6) is 0.368. The molecule has 0 radical (unpaired) electrons. The van der Waals surface area contributed by atoms with Gasteiger partial charge in [-0.3, -0.25) is 14.5 Å². The average molecular weight is 484 g/mol. The van der Waals surface area contributed by atoms with Crippen molar-refractivity contribution in [2.45, 2.75) is 44.7 Å². The summed E-state index contributed by atoms with van der Waals surface area (Å²) in [5.41, 5.74) is 2.74. The van der Waals surface area contributed by atoms with Crippen molar-refractivity contribution in [1.82, 2.24) is 9.91 Å². The molecule has 0 N–H and O–H groups in total. The van der Waals surface area contributed by atoms with Gasteiger partial charge in [-0.25, -0.2) is 5.01 Å². The Kier molecular flexibility index (Phi) is 7.85. The highest BCUT2D eigenvalue weighted by atomic mass is 35.5. The van der Waals surface area contributed by atoms with Crippen molar-refractivity contribution < 1.29 is 19.1 Å². The number of methoxy groups -OCH3 is 1. The van der Waals surface area contributed by atoms with Gasteiger partial charge in [0.2, 0.25) is 0 Å². The Bertz CT molecular complexity index is 1040. The summed E-state index contributed by atoms with van der Waals surface area (Å²) in [4.78, 5) is 28.0. The largest absolute Gasteiger partial charge is 0.497 e. The quantitative estimate of drug-likeness (QED) is 0.544. The molecule has 0 aliphatic carbocycles. The maximum Gasteiger partial charge on any atom is 0.323 e. The van der Waals surface area contributed by atoms with Crippen LogP contribution in [-0.4, -0.2) is 60.3 Å². The number of rotatable bonds is 7. The molecular weight excluding hydrogens is 454 g/mol. The lowest BCUT2D eigenvalue weighted by Crippen LogP contribution is -2.49. The number of hydrogen-bond donors (Lipinski definition) is 0. The van der Waals surface area contributed by atoms with Crippen LogP contribution in [0.1, 0.15) is 49.8 Å². The third kappa shape index (κ3) is 5.42. The molecule has 8 heteroatoms. The zero-order valence-corrected chi connectivity index (χ0v) is 20.3. The number of likely N-dealkylation sites (tertiary alicyclic amines) is 1.